The van der Waals surface area contributed by atoms with E-state index in [0.717, 1.165) is 32.8 Å². The predicted octanol–water partition coefficient (Wildman–Crippen LogP) is 0.922. The van der Waals surface area contributed by atoms with Gasteiger partial charge in [0, 0.05) is 33.6 Å². The second kappa shape index (κ2) is 11.6. The van der Waals surface area contributed by atoms with E-state index >= 15 is 0 Å². The predicted molar refractivity (Wildman–Crippen MR) is 110 cm³/mol. The smallest absolute Gasteiger partial charge is 0.411 e. The topological polar surface area (TPSA) is 152 Å². The molecule has 0 radical (unpaired) electrons. The van der Waals surface area contributed by atoms with Gasteiger partial charge in [0.2, 0.25) is 0 Å². The first-order valence-electron chi connectivity index (χ1n) is 10.3. The van der Waals surface area contributed by atoms with E-state index in [0.29, 0.717) is 6.29 Å². The average molecular weight is 473 g/mol. The van der Waals surface area contributed by atoms with E-state index in [9.17, 15) is 28.8 Å². The van der Waals surface area contributed by atoms with Gasteiger partial charge in [0.15, 0.2) is 18.5 Å². The summed E-state index contributed by atoms with van der Waals surface area (Å²) in [5.41, 5.74) is -0.966. The number of ether oxygens (including phenoxy) is 5. The fourth-order valence-corrected chi connectivity index (χ4v) is 3.53. The zero-order valence-corrected chi connectivity index (χ0v) is 19.8. The van der Waals surface area contributed by atoms with E-state index in [-0.39, 0.29) is 12.8 Å². The highest BCUT2D eigenvalue weighted by Gasteiger charge is 2.53. The van der Waals surface area contributed by atoms with Crippen LogP contribution in [0.25, 0.3) is 0 Å². The third kappa shape index (κ3) is 8.35. The van der Waals surface area contributed by atoms with Crippen LogP contribution in [0.15, 0.2) is 0 Å². The van der Waals surface area contributed by atoms with Gasteiger partial charge in [-0.1, -0.05) is 0 Å². The summed E-state index contributed by atoms with van der Waals surface area (Å²) in [5.74, 6) is -3.11. The van der Waals surface area contributed by atoms with Crippen LogP contribution in [0.4, 0.5) is 4.79 Å². The minimum Gasteiger partial charge on any atom is -0.467 e. The molecular weight excluding hydrogens is 442 g/mol. The van der Waals surface area contributed by atoms with Gasteiger partial charge in [-0.3, -0.25) is 24.1 Å². The number of nitrogens with zero attached hydrogens (tertiary/aromatic N) is 1. The van der Waals surface area contributed by atoms with Crippen LogP contribution in [-0.2, 0) is 47.7 Å². The Hall–Kier alpha value is -3.18. The SMILES string of the molecule is COC(=O)[C@H]1C[C@H](OC(C)=O)[C@H](OC(C)=O)[C@@H](C[C@H](C=O)OC(C)=O)N1C(=O)OC(C)(C)C. The summed E-state index contributed by atoms with van der Waals surface area (Å²) < 4.78 is 25.9. The number of carbonyl (C=O) groups excluding carboxylic acids is 6. The van der Waals surface area contributed by atoms with Gasteiger partial charge in [0.05, 0.1) is 13.2 Å². The highest BCUT2D eigenvalue weighted by atomic mass is 16.6. The lowest BCUT2D eigenvalue weighted by Crippen LogP contribution is -2.66. The van der Waals surface area contributed by atoms with Crippen molar-refractivity contribution in [1.82, 2.24) is 4.90 Å². The molecule has 12 nitrogen and oxygen atoms in total. The molecule has 5 atom stereocenters. The Morgan fingerprint density at radius 3 is 2.00 bits per heavy atom. The summed E-state index contributed by atoms with van der Waals surface area (Å²) in [6, 6.07) is -2.56. The van der Waals surface area contributed by atoms with Gasteiger partial charge in [-0.15, -0.1) is 0 Å². The molecule has 0 aromatic carbocycles. The second-order valence-corrected chi connectivity index (χ2v) is 8.47. The molecular formula is C21H31NO11. The maximum absolute atomic E-state index is 13.2. The summed E-state index contributed by atoms with van der Waals surface area (Å²) in [6.07, 6.45) is -5.08. The molecule has 186 valence electrons. The minimum atomic E-state index is -1.36. The van der Waals surface area contributed by atoms with Gasteiger partial charge in [0.25, 0.3) is 0 Å². The number of likely N-dealkylation sites (tertiary alicyclic amines) is 1. The molecule has 0 N–H and O–H groups in total. The Balaban J connectivity index is 3.62. The van der Waals surface area contributed by atoms with Crippen LogP contribution in [0, 0.1) is 0 Å². The first-order chi connectivity index (χ1) is 15.2. The van der Waals surface area contributed by atoms with Gasteiger partial charge >= 0.3 is 30.0 Å². The Morgan fingerprint density at radius 2 is 1.58 bits per heavy atom. The summed E-state index contributed by atoms with van der Waals surface area (Å²) in [4.78, 5) is 73.3. The first-order valence-corrected chi connectivity index (χ1v) is 10.3. The van der Waals surface area contributed by atoms with E-state index in [1.54, 1.807) is 20.8 Å². The highest BCUT2D eigenvalue weighted by Crippen LogP contribution is 2.33. The van der Waals surface area contributed by atoms with Crippen molar-refractivity contribution in [2.24, 2.45) is 0 Å². The normalized spacial score (nSPS) is 23.5. The minimum absolute atomic E-state index is 0.265. The molecule has 12 heteroatoms. The van der Waals surface area contributed by atoms with Crippen LogP contribution in [0.3, 0.4) is 0 Å². The lowest BCUT2D eigenvalue weighted by Gasteiger charge is -2.47. The molecule has 1 heterocycles. The van der Waals surface area contributed by atoms with E-state index in [2.05, 4.69) is 0 Å². The fourth-order valence-electron chi connectivity index (χ4n) is 3.53. The highest BCUT2D eigenvalue weighted by molar-refractivity contribution is 5.82. The van der Waals surface area contributed by atoms with Gasteiger partial charge < -0.3 is 23.7 Å². The number of methoxy groups -OCH3 is 1. The number of amides is 1. The third-order valence-corrected chi connectivity index (χ3v) is 4.53. The van der Waals surface area contributed by atoms with Crippen molar-refractivity contribution in [3.05, 3.63) is 0 Å². The van der Waals surface area contributed by atoms with Crippen molar-refractivity contribution in [3.63, 3.8) is 0 Å². The van der Waals surface area contributed by atoms with Crippen molar-refractivity contribution in [3.8, 4) is 0 Å². The number of aldehydes is 1. The maximum atomic E-state index is 13.2. The Bertz CT molecular complexity index is 773. The summed E-state index contributed by atoms with van der Waals surface area (Å²) in [5, 5.41) is 0. The van der Waals surface area contributed by atoms with Crippen LogP contribution < -0.4 is 0 Å². The standard InChI is InChI=1S/C21H31NO11/c1-11(24)30-14(10-23)8-15-18(32-13(3)26)17(31-12(2)25)9-16(19(27)29-7)22(15)20(28)33-21(4,5)6/h10,14-18H,8-9H2,1-7H3/t14-,15-,16-,17+,18-/m1/s1. The molecule has 1 fully saturated rings. The Kier molecular flexibility index (Phi) is 9.80. The van der Waals surface area contributed by atoms with Crippen LogP contribution in [0.2, 0.25) is 0 Å². The monoisotopic (exact) mass is 473 g/mol. The Labute approximate surface area is 191 Å². The summed E-state index contributed by atoms with van der Waals surface area (Å²) >= 11 is 0. The summed E-state index contributed by atoms with van der Waals surface area (Å²) in [7, 11) is 1.11. The molecule has 0 aliphatic carbocycles. The van der Waals surface area contributed by atoms with Crippen LogP contribution >= 0.6 is 0 Å². The summed E-state index contributed by atoms with van der Waals surface area (Å²) in [6.45, 7) is 8.14. The van der Waals surface area contributed by atoms with E-state index in [1.807, 2.05) is 0 Å². The number of rotatable bonds is 7. The zero-order valence-electron chi connectivity index (χ0n) is 19.8. The zero-order chi connectivity index (χ0) is 25.5. The molecule has 0 unspecified atom stereocenters. The maximum Gasteiger partial charge on any atom is 0.411 e. The van der Waals surface area contributed by atoms with Crippen molar-refractivity contribution < 1.29 is 52.5 Å². The molecule has 1 aliphatic rings. The second-order valence-electron chi connectivity index (χ2n) is 8.47. The molecule has 0 saturated carbocycles. The van der Waals surface area contributed by atoms with Crippen LogP contribution in [0.5, 0.6) is 0 Å². The molecule has 1 amide bonds. The fraction of sp³-hybridized carbons (Fsp3) is 0.714. The quantitative estimate of drug-likeness (QED) is 0.295. The van der Waals surface area contributed by atoms with E-state index < -0.39 is 66.0 Å². The molecule has 33 heavy (non-hydrogen) atoms. The Morgan fingerprint density at radius 1 is 1.00 bits per heavy atom. The van der Waals surface area contributed by atoms with E-state index in [4.69, 9.17) is 23.7 Å². The molecule has 0 aromatic heterocycles. The largest absolute Gasteiger partial charge is 0.467 e. The van der Waals surface area contributed by atoms with Crippen LogP contribution in [0.1, 0.15) is 54.4 Å². The number of carbonyl (C=O) groups is 6. The van der Waals surface area contributed by atoms with Crippen molar-refractivity contribution >= 4 is 36.3 Å². The van der Waals surface area contributed by atoms with Crippen molar-refractivity contribution in [2.75, 3.05) is 7.11 Å². The number of hydrogen-bond donors (Lipinski definition) is 0. The lowest BCUT2D eigenvalue weighted by atomic mass is 9.87. The van der Waals surface area contributed by atoms with Gasteiger partial charge in [0.1, 0.15) is 17.7 Å². The van der Waals surface area contributed by atoms with Gasteiger partial charge in [-0.2, -0.15) is 0 Å². The van der Waals surface area contributed by atoms with E-state index in [1.165, 1.54) is 0 Å². The van der Waals surface area contributed by atoms with Gasteiger partial charge in [-0.25, -0.2) is 9.59 Å². The van der Waals surface area contributed by atoms with Gasteiger partial charge in [-0.05, 0) is 20.8 Å². The average Bonchev–Trinajstić information content (AvgIpc) is 2.66. The molecule has 0 spiro atoms. The number of hydrogen-bond acceptors (Lipinski definition) is 11. The molecule has 0 aromatic rings. The van der Waals surface area contributed by atoms with Crippen molar-refractivity contribution in [1.29, 1.82) is 0 Å². The molecule has 0 bridgehead atoms. The molecule has 1 saturated heterocycles. The van der Waals surface area contributed by atoms with Crippen molar-refractivity contribution in [2.45, 2.75) is 90.4 Å². The third-order valence-electron chi connectivity index (χ3n) is 4.53. The molecule has 1 aliphatic heterocycles. The number of piperidine rings is 1. The first kappa shape index (κ1) is 27.9. The molecule has 1 rings (SSSR count). The number of esters is 4. The lowest BCUT2D eigenvalue weighted by molar-refractivity contribution is -0.188. The van der Waals surface area contributed by atoms with Crippen LogP contribution in [-0.4, -0.2) is 84.3 Å².